The Balaban J connectivity index is 2.56. The standard InChI is InChI=1S/C11H7ClFNO4/c1-17-10-5(2-3-6(12)9(10)13)8-4-7(11(15)16)14-18-8/h2-4H,1H3,(H,15,16). The highest BCUT2D eigenvalue weighted by Crippen LogP contribution is 2.35. The van der Waals surface area contributed by atoms with E-state index in [-0.39, 0.29) is 27.8 Å². The number of hydrogen-bond acceptors (Lipinski definition) is 4. The van der Waals surface area contributed by atoms with Gasteiger partial charge in [0.1, 0.15) is 0 Å². The highest BCUT2D eigenvalue weighted by atomic mass is 35.5. The van der Waals surface area contributed by atoms with Crippen LogP contribution in [-0.4, -0.2) is 23.3 Å². The monoisotopic (exact) mass is 271 g/mol. The summed E-state index contributed by atoms with van der Waals surface area (Å²) < 4.78 is 23.4. The van der Waals surface area contributed by atoms with Crippen LogP contribution in [0.2, 0.25) is 5.02 Å². The van der Waals surface area contributed by atoms with Gasteiger partial charge in [-0.1, -0.05) is 16.8 Å². The second kappa shape index (κ2) is 4.66. The van der Waals surface area contributed by atoms with Crippen LogP contribution in [0.5, 0.6) is 5.75 Å². The van der Waals surface area contributed by atoms with Crippen LogP contribution in [0.1, 0.15) is 10.5 Å². The molecule has 0 spiro atoms. The number of aromatic carboxylic acids is 1. The lowest BCUT2D eigenvalue weighted by Gasteiger charge is -2.07. The molecule has 0 amide bonds. The molecule has 0 saturated carbocycles. The molecule has 18 heavy (non-hydrogen) atoms. The van der Waals surface area contributed by atoms with E-state index >= 15 is 0 Å². The molecule has 5 nitrogen and oxygen atoms in total. The minimum atomic E-state index is -1.24. The summed E-state index contributed by atoms with van der Waals surface area (Å²) in [6, 6.07) is 3.95. The van der Waals surface area contributed by atoms with Gasteiger partial charge < -0.3 is 14.4 Å². The van der Waals surface area contributed by atoms with E-state index in [1.54, 1.807) is 0 Å². The fourth-order valence-corrected chi connectivity index (χ4v) is 1.58. The number of methoxy groups -OCH3 is 1. The van der Waals surface area contributed by atoms with Crippen molar-refractivity contribution in [2.24, 2.45) is 0 Å². The van der Waals surface area contributed by atoms with Crippen molar-refractivity contribution >= 4 is 17.6 Å². The predicted molar refractivity (Wildman–Crippen MR) is 60.4 cm³/mol. The third kappa shape index (κ3) is 2.02. The number of carbonyl (C=O) groups is 1. The van der Waals surface area contributed by atoms with Crippen LogP contribution in [0.15, 0.2) is 22.7 Å². The summed E-state index contributed by atoms with van der Waals surface area (Å²) in [6.45, 7) is 0. The van der Waals surface area contributed by atoms with E-state index in [9.17, 15) is 9.18 Å². The molecule has 0 saturated heterocycles. The summed E-state index contributed by atoms with van der Waals surface area (Å²) in [5, 5.41) is 12.0. The van der Waals surface area contributed by atoms with E-state index < -0.39 is 11.8 Å². The van der Waals surface area contributed by atoms with Crippen molar-refractivity contribution in [3.63, 3.8) is 0 Å². The Kier molecular flexibility index (Phi) is 3.20. The second-order valence-corrected chi connectivity index (χ2v) is 3.73. The smallest absolute Gasteiger partial charge is 0.358 e. The molecule has 1 heterocycles. The number of aromatic nitrogens is 1. The lowest BCUT2D eigenvalue weighted by molar-refractivity contribution is 0.0686. The van der Waals surface area contributed by atoms with Crippen LogP contribution in [0.4, 0.5) is 4.39 Å². The van der Waals surface area contributed by atoms with Crippen LogP contribution < -0.4 is 4.74 Å². The minimum Gasteiger partial charge on any atom is -0.493 e. The molecule has 0 aliphatic rings. The molecule has 0 fully saturated rings. The summed E-state index contributed by atoms with van der Waals surface area (Å²) in [6.07, 6.45) is 0. The number of rotatable bonds is 3. The number of benzene rings is 1. The zero-order valence-electron chi connectivity index (χ0n) is 9.11. The summed E-state index contributed by atoms with van der Waals surface area (Å²) in [4.78, 5) is 10.7. The first-order valence-corrected chi connectivity index (χ1v) is 5.14. The van der Waals surface area contributed by atoms with E-state index in [4.69, 9.17) is 26.0 Å². The second-order valence-electron chi connectivity index (χ2n) is 3.32. The molecular weight excluding hydrogens is 265 g/mol. The first-order valence-electron chi connectivity index (χ1n) is 4.77. The van der Waals surface area contributed by atoms with Gasteiger partial charge in [0.25, 0.3) is 0 Å². The molecule has 1 aromatic heterocycles. The van der Waals surface area contributed by atoms with Crippen molar-refractivity contribution in [3.05, 3.63) is 34.7 Å². The van der Waals surface area contributed by atoms with E-state index in [1.807, 2.05) is 0 Å². The highest BCUT2D eigenvalue weighted by Gasteiger charge is 2.19. The maximum Gasteiger partial charge on any atom is 0.358 e. The average molecular weight is 272 g/mol. The quantitative estimate of drug-likeness (QED) is 0.929. The summed E-state index contributed by atoms with van der Waals surface area (Å²) in [5.41, 5.74) is -0.0400. The van der Waals surface area contributed by atoms with Gasteiger partial charge in [-0.3, -0.25) is 0 Å². The topological polar surface area (TPSA) is 72.6 Å². The van der Waals surface area contributed by atoms with Crippen molar-refractivity contribution in [1.29, 1.82) is 0 Å². The van der Waals surface area contributed by atoms with Gasteiger partial charge in [-0.05, 0) is 12.1 Å². The molecular formula is C11H7ClFNO4. The lowest BCUT2D eigenvalue weighted by atomic mass is 10.1. The lowest BCUT2D eigenvalue weighted by Crippen LogP contribution is -1.95. The van der Waals surface area contributed by atoms with E-state index in [2.05, 4.69) is 5.16 Å². The van der Waals surface area contributed by atoms with Gasteiger partial charge >= 0.3 is 5.97 Å². The Morgan fingerprint density at radius 3 is 2.83 bits per heavy atom. The SMILES string of the molecule is COc1c(-c2cc(C(=O)O)no2)ccc(Cl)c1F. The summed E-state index contributed by atoms with van der Waals surface area (Å²) >= 11 is 5.61. The van der Waals surface area contributed by atoms with Gasteiger partial charge in [0.05, 0.1) is 17.7 Å². The normalized spacial score (nSPS) is 10.4. The van der Waals surface area contributed by atoms with E-state index in [1.165, 1.54) is 25.3 Å². The fraction of sp³-hybridized carbons (Fsp3) is 0.0909. The van der Waals surface area contributed by atoms with Gasteiger partial charge in [-0.2, -0.15) is 0 Å². The van der Waals surface area contributed by atoms with Gasteiger partial charge in [-0.15, -0.1) is 0 Å². The van der Waals surface area contributed by atoms with Crippen molar-refractivity contribution < 1.29 is 23.6 Å². The Labute approximate surface area is 106 Å². The predicted octanol–water partition coefficient (Wildman–Crippen LogP) is 2.84. The first kappa shape index (κ1) is 12.4. The largest absolute Gasteiger partial charge is 0.493 e. The number of halogens is 2. The van der Waals surface area contributed by atoms with Crippen molar-refractivity contribution in [2.75, 3.05) is 7.11 Å². The van der Waals surface area contributed by atoms with Crippen LogP contribution >= 0.6 is 11.6 Å². The molecule has 94 valence electrons. The molecule has 2 aromatic rings. The summed E-state index contributed by atoms with van der Waals surface area (Å²) in [7, 11) is 1.27. The molecule has 0 aliphatic carbocycles. The van der Waals surface area contributed by atoms with E-state index in [0.717, 1.165) is 0 Å². The molecule has 0 unspecified atom stereocenters. The molecule has 0 aliphatic heterocycles. The summed E-state index contributed by atoms with van der Waals surface area (Å²) in [5.74, 6) is -2.03. The van der Waals surface area contributed by atoms with Crippen molar-refractivity contribution in [2.45, 2.75) is 0 Å². The molecule has 2 rings (SSSR count). The van der Waals surface area contributed by atoms with Crippen LogP contribution in [0.25, 0.3) is 11.3 Å². The van der Waals surface area contributed by atoms with Crippen LogP contribution in [0, 0.1) is 5.82 Å². The zero-order valence-corrected chi connectivity index (χ0v) is 9.86. The van der Waals surface area contributed by atoms with Crippen molar-refractivity contribution in [1.82, 2.24) is 5.16 Å². The Bertz CT molecular complexity index is 611. The number of carboxylic acids is 1. The van der Waals surface area contributed by atoms with Gasteiger partial charge in [0, 0.05) is 6.07 Å². The Morgan fingerprint density at radius 1 is 1.56 bits per heavy atom. The number of carboxylic acid groups (broad SMARTS) is 1. The molecule has 7 heteroatoms. The van der Waals surface area contributed by atoms with Gasteiger partial charge in [0.15, 0.2) is 23.0 Å². The molecule has 0 atom stereocenters. The van der Waals surface area contributed by atoms with Crippen LogP contribution in [-0.2, 0) is 0 Å². The minimum absolute atomic E-state index is 0.0832. The van der Waals surface area contributed by atoms with Gasteiger partial charge in [-0.25, -0.2) is 9.18 Å². The van der Waals surface area contributed by atoms with Crippen molar-refractivity contribution in [3.8, 4) is 17.1 Å². The van der Waals surface area contributed by atoms with E-state index in [0.29, 0.717) is 0 Å². The Morgan fingerprint density at radius 2 is 2.28 bits per heavy atom. The number of ether oxygens (including phenoxy) is 1. The zero-order chi connectivity index (χ0) is 13.3. The number of hydrogen-bond donors (Lipinski definition) is 1. The molecule has 1 N–H and O–H groups in total. The molecule has 0 bridgehead atoms. The average Bonchev–Trinajstić information content (AvgIpc) is 2.82. The highest BCUT2D eigenvalue weighted by molar-refractivity contribution is 6.31. The maximum absolute atomic E-state index is 13.7. The molecule has 0 radical (unpaired) electrons. The third-order valence-electron chi connectivity index (χ3n) is 2.25. The molecule has 1 aromatic carbocycles. The number of nitrogens with zero attached hydrogens (tertiary/aromatic N) is 1. The fourth-order valence-electron chi connectivity index (χ4n) is 1.43. The third-order valence-corrected chi connectivity index (χ3v) is 2.54. The van der Waals surface area contributed by atoms with Gasteiger partial charge in [0.2, 0.25) is 0 Å². The maximum atomic E-state index is 13.7. The van der Waals surface area contributed by atoms with Crippen LogP contribution in [0.3, 0.4) is 0 Å². The first-order chi connectivity index (χ1) is 8.54. The Hall–Kier alpha value is -2.08.